The molecule has 0 radical (unpaired) electrons. The van der Waals surface area contributed by atoms with Crippen molar-refractivity contribution in [3.05, 3.63) is 0 Å². The second-order valence-corrected chi connectivity index (χ2v) is 4.17. The lowest BCUT2D eigenvalue weighted by atomic mass is 9.82. The lowest BCUT2D eigenvalue weighted by molar-refractivity contribution is -0.123. The SMILES string of the molecule is CCCCC(C)C(C)C(C)C(N)=O. The predicted molar refractivity (Wildman–Crippen MR) is 56.2 cm³/mol. The van der Waals surface area contributed by atoms with Gasteiger partial charge in [-0.15, -0.1) is 0 Å². The zero-order chi connectivity index (χ0) is 10.4. The van der Waals surface area contributed by atoms with Gasteiger partial charge in [-0.3, -0.25) is 4.79 Å². The molecule has 0 saturated heterocycles. The van der Waals surface area contributed by atoms with Crippen LogP contribution in [0, 0.1) is 17.8 Å². The number of hydrogen-bond donors (Lipinski definition) is 1. The Morgan fingerprint density at radius 2 is 1.85 bits per heavy atom. The molecule has 78 valence electrons. The van der Waals surface area contributed by atoms with Crippen LogP contribution < -0.4 is 5.73 Å². The summed E-state index contributed by atoms with van der Waals surface area (Å²) in [5.74, 6) is 0.842. The summed E-state index contributed by atoms with van der Waals surface area (Å²) in [6.07, 6.45) is 3.67. The molecule has 0 aromatic heterocycles. The zero-order valence-electron chi connectivity index (χ0n) is 9.34. The van der Waals surface area contributed by atoms with Crippen LogP contribution in [0.3, 0.4) is 0 Å². The number of hydrogen-bond acceptors (Lipinski definition) is 1. The van der Waals surface area contributed by atoms with E-state index in [2.05, 4.69) is 20.8 Å². The molecule has 0 aliphatic heterocycles. The quantitative estimate of drug-likeness (QED) is 0.679. The van der Waals surface area contributed by atoms with Gasteiger partial charge in [0, 0.05) is 5.92 Å². The molecule has 0 aliphatic rings. The highest BCUT2D eigenvalue weighted by molar-refractivity contribution is 5.76. The third-order valence-corrected chi connectivity index (χ3v) is 3.15. The van der Waals surface area contributed by atoms with Gasteiger partial charge in [-0.2, -0.15) is 0 Å². The van der Waals surface area contributed by atoms with Crippen molar-refractivity contribution in [3.8, 4) is 0 Å². The van der Waals surface area contributed by atoms with Crippen molar-refractivity contribution in [2.45, 2.75) is 47.0 Å². The Morgan fingerprint density at radius 3 is 2.23 bits per heavy atom. The molecular formula is C11H23NO. The van der Waals surface area contributed by atoms with E-state index in [0.717, 1.165) is 0 Å². The van der Waals surface area contributed by atoms with Crippen molar-refractivity contribution in [3.63, 3.8) is 0 Å². The first kappa shape index (κ1) is 12.5. The molecule has 13 heavy (non-hydrogen) atoms. The van der Waals surface area contributed by atoms with Gasteiger partial charge >= 0.3 is 0 Å². The molecule has 0 spiro atoms. The number of unbranched alkanes of at least 4 members (excludes halogenated alkanes) is 1. The summed E-state index contributed by atoms with van der Waals surface area (Å²) in [6, 6.07) is 0. The van der Waals surface area contributed by atoms with Crippen LogP contribution in [0.1, 0.15) is 47.0 Å². The summed E-state index contributed by atoms with van der Waals surface area (Å²) in [5, 5.41) is 0. The number of carbonyl (C=O) groups excluding carboxylic acids is 1. The molecule has 0 saturated carbocycles. The Labute approximate surface area is 81.9 Å². The van der Waals surface area contributed by atoms with Gasteiger partial charge in [0.15, 0.2) is 0 Å². The summed E-state index contributed by atoms with van der Waals surface area (Å²) in [7, 11) is 0. The van der Waals surface area contributed by atoms with Crippen LogP contribution in [-0.2, 0) is 4.79 Å². The number of carbonyl (C=O) groups is 1. The van der Waals surface area contributed by atoms with E-state index in [4.69, 9.17) is 5.73 Å². The van der Waals surface area contributed by atoms with Crippen molar-refractivity contribution in [1.82, 2.24) is 0 Å². The van der Waals surface area contributed by atoms with E-state index >= 15 is 0 Å². The Morgan fingerprint density at radius 1 is 1.31 bits per heavy atom. The van der Waals surface area contributed by atoms with E-state index in [9.17, 15) is 4.79 Å². The maximum atomic E-state index is 10.9. The summed E-state index contributed by atoms with van der Waals surface area (Å²) in [5.41, 5.74) is 5.26. The van der Waals surface area contributed by atoms with Gasteiger partial charge in [0.1, 0.15) is 0 Å². The van der Waals surface area contributed by atoms with E-state index < -0.39 is 0 Å². The van der Waals surface area contributed by atoms with E-state index in [-0.39, 0.29) is 11.8 Å². The third kappa shape index (κ3) is 4.30. The van der Waals surface area contributed by atoms with Crippen molar-refractivity contribution >= 4 is 5.91 Å². The second-order valence-electron chi connectivity index (χ2n) is 4.17. The highest BCUT2D eigenvalue weighted by Crippen LogP contribution is 2.24. The fourth-order valence-electron chi connectivity index (χ4n) is 1.54. The van der Waals surface area contributed by atoms with Gasteiger partial charge in [-0.1, -0.05) is 47.0 Å². The fraction of sp³-hybridized carbons (Fsp3) is 0.909. The molecule has 3 atom stereocenters. The minimum absolute atomic E-state index is 0.00635. The highest BCUT2D eigenvalue weighted by atomic mass is 16.1. The molecule has 0 bridgehead atoms. The minimum atomic E-state index is -0.171. The van der Waals surface area contributed by atoms with Crippen molar-refractivity contribution in [1.29, 1.82) is 0 Å². The van der Waals surface area contributed by atoms with Crippen LogP contribution >= 0.6 is 0 Å². The molecule has 3 unspecified atom stereocenters. The van der Waals surface area contributed by atoms with E-state index in [1.54, 1.807) is 0 Å². The molecular weight excluding hydrogens is 162 g/mol. The third-order valence-electron chi connectivity index (χ3n) is 3.15. The summed E-state index contributed by atoms with van der Waals surface area (Å²) in [6.45, 7) is 8.44. The molecule has 0 heterocycles. The normalized spacial score (nSPS) is 17.8. The maximum Gasteiger partial charge on any atom is 0.220 e. The summed E-state index contributed by atoms with van der Waals surface area (Å²) >= 11 is 0. The molecule has 1 amide bonds. The minimum Gasteiger partial charge on any atom is -0.369 e. The van der Waals surface area contributed by atoms with E-state index in [1.165, 1.54) is 19.3 Å². The van der Waals surface area contributed by atoms with E-state index in [1.807, 2.05) is 6.92 Å². The number of rotatable bonds is 6. The first-order chi connectivity index (χ1) is 6.00. The monoisotopic (exact) mass is 185 g/mol. The zero-order valence-corrected chi connectivity index (χ0v) is 9.34. The van der Waals surface area contributed by atoms with Crippen molar-refractivity contribution in [2.24, 2.45) is 23.5 Å². The van der Waals surface area contributed by atoms with Gasteiger partial charge in [-0.05, 0) is 11.8 Å². The number of amides is 1. The van der Waals surface area contributed by atoms with Gasteiger partial charge in [-0.25, -0.2) is 0 Å². The first-order valence-corrected chi connectivity index (χ1v) is 5.30. The molecule has 2 N–H and O–H groups in total. The Hall–Kier alpha value is -0.530. The summed E-state index contributed by atoms with van der Waals surface area (Å²) < 4.78 is 0. The molecule has 2 heteroatoms. The molecule has 2 nitrogen and oxygen atoms in total. The van der Waals surface area contributed by atoms with Gasteiger partial charge in [0.2, 0.25) is 5.91 Å². The topological polar surface area (TPSA) is 43.1 Å². The average molecular weight is 185 g/mol. The van der Waals surface area contributed by atoms with Crippen molar-refractivity contribution < 1.29 is 4.79 Å². The Kier molecular flexibility index (Phi) is 5.76. The van der Waals surface area contributed by atoms with Crippen LogP contribution in [0.25, 0.3) is 0 Å². The van der Waals surface area contributed by atoms with Gasteiger partial charge in [0.25, 0.3) is 0 Å². The van der Waals surface area contributed by atoms with Crippen LogP contribution in [0.5, 0.6) is 0 Å². The van der Waals surface area contributed by atoms with E-state index in [0.29, 0.717) is 11.8 Å². The first-order valence-electron chi connectivity index (χ1n) is 5.30. The average Bonchev–Trinajstić information content (AvgIpc) is 2.11. The Bertz CT molecular complexity index is 156. The molecule has 0 rings (SSSR count). The highest BCUT2D eigenvalue weighted by Gasteiger charge is 2.22. The summed E-state index contributed by atoms with van der Waals surface area (Å²) in [4.78, 5) is 10.9. The number of primary amides is 1. The maximum absolute atomic E-state index is 10.9. The van der Waals surface area contributed by atoms with Gasteiger partial charge < -0.3 is 5.73 Å². The molecule has 0 aliphatic carbocycles. The lowest BCUT2D eigenvalue weighted by Gasteiger charge is -2.23. The van der Waals surface area contributed by atoms with Gasteiger partial charge in [0.05, 0.1) is 0 Å². The van der Waals surface area contributed by atoms with Crippen molar-refractivity contribution in [2.75, 3.05) is 0 Å². The Balaban J connectivity index is 3.93. The molecule has 0 aromatic carbocycles. The smallest absolute Gasteiger partial charge is 0.220 e. The van der Waals surface area contributed by atoms with Crippen LogP contribution in [0.15, 0.2) is 0 Å². The lowest BCUT2D eigenvalue weighted by Crippen LogP contribution is -2.29. The molecule has 0 aromatic rings. The standard InChI is InChI=1S/C11H23NO/c1-5-6-7-8(2)9(3)10(4)11(12)13/h8-10H,5-7H2,1-4H3,(H2,12,13). The number of nitrogens with two attached hydrogens (primary N) is 1. The largest absolute Gasteiger partial charge is 0.369 e. The second kappa shape index (κ2) is 6.01. The van der Waals surface area contributed by atoms with Crippen LogP contribution in [0.2, 0.25) is 0 Å². The fourth-order valence-corrected chi connectivity index (χ4v) is 1.54. The van der Waals surface area contributed by atoms with Crippen LogP contribution in [-0.4, -0.2) is 5.91 Å². The van der Waals surface area contributed by atoms with Crippen LogP contribution in [0.4, 0.5) is 0 Å². The molecule has 0 fully saturated rings. The predicted octanol–water partition coefficient (Wildman–Crippen LogP) is 2.57.